The van der Waals surface area contributed by atoms with Gasteiger partial charge in [0.25, 0.3) is 0 Å². The van der Waals surface area contributed by atoms with E-state index >= 15 is 0 Å². The lowest BCUT2D eigenvalue weighted by atomic mass is 10.1. The molecule has 1 N–H and O–H groups in total. The van der Waals surface area contributed by atoms with E-state index in [0.29, 0.717) is 6.42 Å². The molecule has 0 fully saturated rings. The molecule has 14 heavy (non-hydrogen) atoms. The molecule has 86 valence electrons. The van der Waals surface area contributed by atoms with Gasteiger partial charge in [0.05, 0.1) is 0 Å². The van der Waals surface area contributed by atoms with E-state index in [1.54, 1.807) is 0 Å². The molecule has 3 nitrogen and oxygen atoms in total. The van der Waals surface area contributed by atoms with Gasteiger partial charge in [-0.1, -0.05) is 20.3 Å². The van der Waals surface area contributed by atoms with Crippen molar-refractivity contribution in [1.29, 1.82) is 0 Å². The minimum absolute atomic E-state index is 0.170. The molecular formula is C7H14F3NO2S. The first-order chi connectivity index (χ1) is 6.20. The Bertz CT molecular complexity index is 261. The van der Waals surface area contributed by atoms with E-state index in [9.17, 15) is 21.6 Å². The number of sulfonamides is 1. The number of nitrogens with one attached hydrogen (secondary N) is 1. The molecule has 0 aromatic heterocycles. The van der Waals surface area contributed by atoms with Gasteiger partial charge in [-0.15, -0.1) is 0 Å². The maximum Gasteiger partial charge on any atom is 0.511 e. The summed E-state index contributed by atoms with van der Waals surface area (Å²) in [5, 5.41) is 0. The first-order valence-corrected chi connectivity index (χ1v) is 5.75. The minimum Gasteiger partial charge on any atom is -0.207 e. The fourth-order valence-electron chi connectivity index (χ4n) is 0.726. The molecule has 1 atom stereocenters. The molecule has 0 bridgehead atoms. The molecule has 0 heterocycles. The first-order valence-electron chi connectivity index (χ1n) is 4.26. The summed E-state index contributed by atoms with van der Waals surface area (Å²) in [5.74, 6) is 0.214. The lowest BCUT2D eigenvalue weighted by molar-refractivity contribution is -0.0447. The van der Waals surface area contributed by atoms with Crippen molar-refractivity contribution in [3.05, 3.63) is 0 Å². The van der Waals surface area contributed by atoms with Gasteiger partial charge in [0.2, 0.25) is 0 Å². The van der Waals surface area contributed by atoms with Crippen molar-refractivity contribution >= 4 is 10.0 Å². The van der Waals surface area contributed by atoms with Gasteiger partial charge in [0.1, 0.15) is 0 Å². The van der Waals surface area contributed by atoms with Crippen molar-refractivity contribution in [2.45, 2.75) is 32.2 Å². The molecule has 0 radical (unpaired) electrons. The molecule has 0 saturated heterocycles. The predicted octanol–water partition coefficient (Wildman–Crippen LogP) is 1.86. The highest BCUT2D eigenvalue weighted by Crippen LogP contribution is 2.21. The van der Waals surface area contributed by atoms with Crippen molar-refractivity contribution < 1.29 is 21.6 Å². The van der Waals surface area contributed by atoms with Crippen molar-refractivity contribution in [1.82, 2.24) is 4.72 Å². The van der Waals surface area contributed by atoms with Crippen molar-refractivity contribution in [2.75, 3.05) is 6.54 Å². The third kappa shape index (κ3) is 4.28. The summed E-state index contributed by atoms with van der Waals surface area (Å²) in [7, 11) is -5.15. The van der Waals surface area contributed by atoms with Crippen molar-refractivity contribution in [3.63, 3.8) is 0 Å². The van der Waals surface area contributed by atoms with Gasteiger partial charge >= 0.3 is 15.5 Å². The average molecular weight is 233 g/mol. The van der Waals surface area contributed by atoms with E-state index < -0.39 is 15.5 Å². The second-order valence-electron chi connectivity index (χ2n) is 3.15. The summed E-state index contributed by atoms with van der Waals surface area (Å²) in [6.45, 7) is 3.57. The van der Waals surface area contributed by atoms with Crippen LogP contribution in [0.15, 0.2) is 0 Å². The van der Waals surface area contributed by atoms with Crippen molar-refractivity contribution in [2.24, 2.45) is 5.92 Å². The number of hydrogen-bond donors (Lipinski definition) is 1. The molecule has 1 unspecified atom stereocenters. The summed E-state index contributed by atoms with van der Waals surface area (Å²) in [6.07, 6.45) is 1.22. The van der Waals surface area contributed by atoms with Crippen LogP contribution in [0.2, 0.25) is 0 Å². The fraction of sp³-hybridized carbons (Fsp3) is 1.00. The van der Waals surface area contributed by atoms with E-state index in [1.807, 2.05) is 13.8 Å². The summed E-state index contributed by atoms with van der Waals surface area (Å²) in [6, 6.07) is 0. The van der Waals surface area contributed by atoms with Crippen LogP contribution in [-0.2, 0) is 10.0 Å². The topological polar surface area (TPSA) is 46.2 Å². The molecule has 0 saturated carbocycles. The van der Waals surface area contributed by atoms with Crippen LogP contribution in [0.25, 0.3) is 0 Å². The lowest BCUT2D eigenvalue weighted by Crippen LogP contribution is -2.37. The van der Waals surface area contributed by atoms with Crippen LogP contribution in [0, 0.1) is 5.92 Å². The molecule has 0 aliphatic heterocycles. The first kappa shape index (κ1) is 13.7. The zero-order chi connectivity index (χ0) is 11.4. The second-order valence-corrected chi connectivity index (χ2v) is 4.90. The SMILES string of the molecule is CCC(C)CCNS(=O)(=O)C(F)(F)F. The zero-order valence-electron chi connectivity index (χ0n) is 8.06. The van der Waals surface area contributed by atoms with Crippen LogP contribution in [0.1, 0.15) is 26.7 Å². The van der Waals surface area contributed by atoms with Gasteiger partial charge in [-0.25, -0.2) is 13.1 Å². The molecule has 7 heteroatoms. The van der Waals surface area contributed by atoms with Gasteiger partial charge in [0, 0.05) is 6.54 Å². The zero-order valence-corrected chi connectivity index (χ0v) is 8.87. The third-order valence-corrected chi connectivity index (χ3v) is 3.12. The number of alkyl halides is 3. The fourth-order valence-corrected chi connectivity index (χ4v) is 1.28. The van der Waals surface area contributed by atoms with Crippen LogP contribution in [0.4, 0.5) is 13.2 Å². The summed E-state index contributed by atoms with van der Waals surface area (Å²) >= 11 is 0. The minimum atomic E-state index is -5.21. The lowest BCUT2D eigenvalue weighted by Gasteiger charge is -2.11. The molecule has 0 aromatic rings. The van der Waals surface area contributed by atoms with Gasteiger partial charge in [-0.05, 0) is 12.3 Å². The number of halogens is 3. The second kappa shape index (κ2) is 4.97. The predicted molar refractivity (Wildman–Crippen MR) is 47.0 cm³/mol. The van der Waals surface area contributed by atoms with Crippen LogP contribution in [0.5, 0.6) is 0 Å². The molecule has 0 aliphatic carbocycles. The highest BCUT2D eigenvalue weighted by atomic mass is 32.2. The van der Waals surface area contributed by atoms with Gasteiger partial charge in [0.15, 0.2) is 0 Å². The largest absolute Gasteiger partial charge is 0.511 e. The van der Waals surface area contributed by atoms with E-state index in [4.69, 9.17) is 0 Å². The van der Waals surface area contributed by atoms with Crippen LogP contribution >= 0.6 is 0 Å². The highest BCUT2D eigenvalue weighted by molar-refractivity contribution is 7.90. The Balaban J connectivity index is 4.03. The van der Waals surface area contributed by atoms with E-state index in [2.05, 4.69) is 0 Å². The molecule has 0 rings (SSSR count). The molecule has 0 amide bonds. The Kier molecular flexibility index (Phi) is 4.87. The summed E-state index contributed by atoms with van der Waals surface area (Å²) in [5.41, 5.74) is -5.21. The Morgan fingerprint density at radius 3 is 2.21 bits per heavy atom. The molecule has 0 spiro atoms. The Hall–Kier alpha value is -0.300. The van der Waals surface area contributed by atoms with Gasteiger partial charge in [-0.3, -0.25) is 0 Å². The summed E-state index contributed by atoms with van der Waals surface area (Å²) in [4.78, 5) is 0. The Labute approximate surface area is 81.7 Å². The van der Waals surface area contributed by atoms with Crippen LogP contribution < -0.4 is 4.72 Å². The van der Waals surface area contributed by atoms with Crippen molar-refractivity contribution in [3.8, 4) is 0 Å². The van der Waals surface area contributed by atoms with E-state index in [0.717, 1.165) is 6.42 Å². The third-order valence-electron chi connectivity index (χ3n) is 1.93. The van der Waals surface area contributed by atoms with Crippen LogP contribution in [-0.4, -0.2) is 20.5 Å². The van der Waals surface area contributed by atoms with E-state index in [-0.39, 0.29) is 12.5 Å². The Morgan fingerprint density at radius 2 is 1.86 bits per heavy atom. The number of rotatable bonds is 5. The summed E-state index contributed by atoms with van der Waals surface area (Å²) < 4.78 is 57.9. The molecule has 0 aliphatic rings. The van der Waals surface area contributed by atoms with Gasteiger partial charge in [-0.2, -0.15) is 13.2 Å². The Morgan fingerprint density at radius 1 is 1.36 bits per heavy atom. The average Bonchev–Trinajstić information content (AvgIpc) is 2.01. The number of hydrogen-bond acceptors (Lipinski definition) is 2. The normalized spacial score (nSPS) is 15.5. The quantitative estimate of drug-likeness (QED) is 0.787. The van der Waals surface area contributed by atoms with E-state index in [1.165, 1.54) is 4.72 Å². The maximum atomic E-state index is 11.8. The highest BCUT2D eigenvalue weighted by Gasteiger charge is 2.45. The van der Waals surface area contributed by atoms with Gasteiger partial charge < -0.3 is 0 Å². The standard InChI is InChI=1S/C7H14F3NO2S/c1-3-6(2)4-5-11-14(12,13)7(8,9)10/h6,11H,3-5H2,1-2H3. The molecule has 0 aromatic carbocycles. The molecular weight excluding hydrogens is 219 g/mol. The smallest absolute Gasteiger partial charge is 0.207 e. The monoisotopic (exact) mass is 233 g/mol. The van der Waals surface area contributed by atoms with Crippen LogP contribution in [0.3, 0.4) is 0 Å². The maximum absolute atomic E-state index is 11.8.